The van der Waals surface area contributed by atoms with Crippen molar-refractivity contribution in [2.24, 2.45) is 0 Å². The molecule has 0 atom stereocenters. The molecule has 7 heteroatoms. The molecule has 2 aromatic rings. The van der Waals surface area contributed by atoms with E-state index >= 15 is 0 Å². The van der Waals surface area contributed by atoms with Crippen molar-refractivity contribution >= 4 is 5.91 Å². The summed E-state index contributed by atoms with van der Waals surface area (Å²) in [6.45, 7) is 11.5. The number of aryl methyl sites for hydroxylation is 2. The highest BCUT2D eigenvalue weighted by Crippen LogP contribution is 2.24. The maximum Gasteiger partial charge on any atom is 0.259 e. The number of nitrogens with zero attached hydrogens (tertiary/aromatic N) is 4. The van der Waals surface area contributed by atoms with Gasteiger partial charge in [-0.05, 0) is 13.8 Å². The van der Waals surface area contributed by atoms with Gasteiger partial charge in [-0.2, -0.15) is 0 Å². The zero-order valence-corrected chi connectivity index (χ0v) is 14.7. The van der Waals surface area contributed by atoms with Crippen molar-refractivity contribution in [1.29, 1.82) is 0 Å². The van der Waals surface area contributed by atoms with Gasteiger partial charge in [-0.15, -0.1) is 0 Å². The minimum Gasteiger partial charge on any atom is -0.360 e. The molecule has 0 spiro atoms. The lowest BCUT2D eigenvalue weighted by Crippen LogP contribution is -2.48. The van der Waals surface area contributed by atoms with Crippen molar-refractivity contribution in [2.45, 2.75) is 40.2 Å². The Morgan fingerprint density at radius 1 is 1.17 bits per heavy atom. The summed E-state index contributed by atoms with van der Waals surface area (Å²) < 4.78 is 10.6. The first kappa shape index (κ1) is 16.7. The fourth-order valence-electron chi connectivity index (χ4n) is 3.02. The predicted octanol–water partition coefficient (Wildman–Crippen LogP) is 2.36. The van der Waals surface area contributed by atoms with Crippen LogP contribution in [-0.2, 0) is 6.54 Å². The SMILES string of the molecule is Cc1cc(CN2CCN(C(=O)c3c(C)noc3C(C)C)CC2)on1. The van der Waals surface area contributed by atoms with Gasteiger partial charge in [0.25, 0.3) is 5.91 Å². The quantitative estimate of drug-likeness (QED) is 0.855. The largest absolute Gasteiger partial charge is 0.360 e. The number of rotatable bonds is 4. The molecule has 24 heavy (non-hydrogen) atoms. The lowest BCUT2D eigenvalue weighted by Gasteiger charge is -2.34. The number of piperazine rings is 1. The summed E-state index contributed by atoms with van der Waals surface area (Å²) in [5.74, 6) is 1.70. The lowest BCUT2D eigenvalue weighted by molar-refractivity contribution is 0.0614. The van der Waals surface area contributed by atoms with Gasteiger partial charge in [-0.3, -0.25) is 9.69 Å². The average Bonchev–Trinajstić information content (AvgIpc) is 3.13. The van der Waals surface area contributed by atoms with Crippen LogP contribution in [0.3, 0.4) is 0 Å². The Hall–Kier alpha value is -2.15. The first-order valence-electron chi connectivity index (χ1n) is 8.35. The summed E-state index contributed by atoms with van der Waals surface area (Å²) in [5.41, 5.74) is 2.19. The number of aromatic nitrogens is 2. The van der Waals surface area contributed by atoms with Crippen molar-refractivity contribution in [3.63, 3.8) is 0 Å². The van der Waals surface area contributed by atoms with Gasteiger partial charge in [0.05, 0.1) is 17.9 Å². The van der Waals surface area contributed by atoms with E-state index in [-0.39, 0.29) is 11.8 Å². The molecular weight excluding hydrogens is 308 g/mol. The molecule has 130 valence electrons. The third kappa shape index (κ3) is 3.36. The van der Waals surface area contributed by atoms with E-state index in [9.17, 15) is 4.79 Å². The highest BCUT2D eigenvalue weighted by Gasteiger charge is 2.29. The number of hydrogen-bond donors (Lipinski definition) is 0. The number of amides is 1. The maximum absolute atomic E-state index is 12.9. The normalized spacial score (nSPS) is 16.1. The third-order valence-corrected chi connectivity index (χ3v) is 4.34. The molecule has 1 saturated heterocycles. The summed E-state index contributed by atoms with van der Waals surface area (Å²) >= 11 is 0. The van der Waals surface area contributed by atoms with Crippen molar-refractivity contribution in [3.05, 3.63) is 34.5 Å². The molecule has 7 nitrogen and oxygen atoms in total. The van der Waals surface area contributed by atoms with Gasteiger partial charge >= 0.3 is 0 Å². The van der Waals surface area contributed by atoms with Crippen LogP contribution in [0.15, 0.2) is 15.1 Å². The molecular formula is C17H24N4O3. The Morgan fingerprint density at radius 3 is 2.46 bits per heavy atom. The lowest BCUT2D eigenvalue weighted by atomic mass is 10.0. The van der Waals surface area contributed by atoms with Crippen LogP contribution in [-0.4, -0.2) is 52.2 Å². The molecule has 1 fully saturated rings. The zero-order chi connectivity index (χ0) is 17.3. The van der Waals surface area contributed by atoms with Crippen LogP contribution in [0.4, 0.5) is 0 Å². The second-order valence-electron chi connectivity index (χ2n) is 6.66. The van der Waals surface area contributed by atoms with Crippen LogP contribution in [0.25, 0.3) is 0 Å². The smallest absolute Gasteiger partial charge is 0.259 e. The molecule has 0 N–H and O–H groups in total. The van der Waals surface area contributed by atoms with Crippen LogP contribution in [0.1, 0.15) is 53.0 Å². The van der Waals surface area contributed by atoms with Gasteiger partial charge in [-0.25, -0.2) is 0 Å². The third-order valence-electron chi connectivity index (χ3n) is 4.34. The molecule has 0 aliphatic carbocycles. The second kappa shape index (κ2) is 6.76. The summed E-state index contributed by atoms with van der Waals surface area (Å²) in [6, 6.07) is 1.95. The van der Waals surface area contributed by atoms with Gasteiger partial charge in [-0.1, -0.05) is 24.2 Å². The van der Waals surface area contributed by atoms with E-state index in [1.165, 1.54) is 0 Å². The Bertz CT molecular complexity index is 711. The van der Waals surface area contributed by atoms with Crippen LogP contribution >= 0.6 is 0 Å². The van der Waals surface area contributed by atoms with E-state index in [2.05, 4.69) is 15.2 Å². The van der Waals surface area contributed by atoms with Crippen LogP contribution in [0.5, 0.6) is 0 Å². The van der Waals surface area contributed by atoms with Crippen molar-refractivity contribution in [2.75, 3.05) is 26.2 Å². The molecule has 1 amide bonds. The van der Waals surface area contributed by atoms with E-state index in [1.807, 2.05) is 38.7 Å². The fourth-order valence-corrected chi connectivity index (χ4v) is 3.02. The molecule has 0 unspecified atom stereocenters. The Labute approximate surface area is 141 Å². The summed E-state index contributed by atoms with van der Waals surface area (Å²) in [4.78, 5) is 17.0. The molecule has 1 aliphatic rings. The fraction of sp³-hybridized carbons (Fsp3) is 0.588. The number of carbonyl (C=O) groups excluding carboxylic acids is 1. The molecule has 3 heterocycles. The predicted molar refractivity (Wildman–Crippen MR) is 87.7 cm³/mol. The summed E-state index contributed by atoms with van der Waals surface area (Å²) in [5, 5.41) is 7.89. The van der Waals surface area contributed by atoms with Gasteiger partial charge in [0, 0.05) is 38.2 Å². The first-order valence-corrected chi connectivity index (χ1v) is 8.35. The Morgan fingerprint density at radius 2 is 1.88 bits per heavy atom. The molecule has 2 aromatic heterocycles. The zero-order valence-electron chi connectivity index (χ0n) is 14.7. The van der Waals surface area contributed by atoms with Gasteiger partial charge < -0.3 is 13.9 Å². The van der Waals surface area contributed by atoms with E-state index in [0.29, 0.717) is 30.1 Å². The van der Waals surface area contributed by atoms with Crippen molar-refractivity contribution in [1.82, 2.24) is 20.1 Å². The van der Waals surface area contributed by atoms with E-state index in [1.54, 1.807) is 0 Å². The van der Waals surface area contributed by atoms with Crippen LogP contribution in [0.2, 0.25) is 0 Å². The van der Waals surface area contributed by atoms with Crippen LogP contribution in [0, 0.1) is 13.8 Å². The Balaban J connectivity index is 1.62. The summed E-state index contributed by atoms with van der Waals surface area (Å²) in [6.07, 6.45) is 0. The number of hydrogen-bond acceptors (Lipinski definition) is 6. The Kier molecular flexibility index (Phi) is 4.71. The van der Waals surface area contributed by atoms with Crippen molar-refractivity contribution < 1.29 is 13.8 Å². The minimum absolute atomic E-state index is 0.0209. The van der Waals surface area contributed by atoms with E-state index in [4.69, 9.17) is 9.05 Å². The maximum atomic E-state index is 12.9. The molecule has 3 rings (SSSR count). The average molecular weight is 332 g/mol. The molecule has 1 aliphatic heterocycles. The molecule has 0 saturated carbocycles. The molecule has 0 aromatic carbocycles. The van der Waals surface area contributed by atoms with E-state index < -0.39 is 0 Å². The monoisotopic (exact) mass is 332 g/mol. The standard InChI is InChI=1S/C17H24N4O3/c1-11(2)16-15(13(4)19-24-16)17(22)21-7-5-20(6-8-21)10-14-9-12(3)18-23-14/h9,11H,5-8,10H2,1-4H3. The molecule has 0 radical (unpaired) electrons. The number of carbonyl (C=O) groups is 1. The van der Waals surface area contributed by atoms with Gasteiger partial charge in [0.15, 0.2) is 11.5 Å². The van der Waals surface area contributed by atoms with Crippen LogP contribution < -0.4 is 0 Å². The van der Waals surface area contributed by atoms with Gasteiger partial charge in [0.2, 0.25) is 0 Å². The van der Waals surface area contributed by atoms with E-state index in [0.717, 1.165) is 31.1 Å². The summed E-state index contributed by atoms with van der Waals surface area (Å²) in [7, 11) is 0. The molecule has 0 bridgehead atoms. The second-order valence-corrected chi connectivity index (χ2v) is 6.66. The first-order chi connectivity index (χ1) is 11.5. The van der Waals surface area contributed by atoms with Crippen molar-refractivity contribution in [3.8, 4) is 0 Å². The van der Waals surface area contributed by atoms with Gasteiger partial charge in [0.1, 0.15) is 5.56 Å². The minimum atomic E-state index is 0.0209. The topological polar surface area (TPSA) is 75.6 Å². The highest BCUT2D eigenvalue weighted by molar-refractivity contribution is 5.96. The highest BCUT2D eigenvalue weighted by atomic mass is 16.5.